The van der Waals surface area contributed by atoms with Crippen LogP contribution in [0.5, 0.6) is 0 Å². The molecule has 1 radical (unpaired) electrons. The fourth-order valence-corrected chi connectivity index (χ4v) is 9.11. The predicted octanol–water partition coefficient (Wildman–Crippen LogP) is 5.49. The molecule has 0 spiro atoms. The average molecular weight is 378 g/mol. The number of hydrogen-bond acceptors (Lipinski definition) is 0. The van der Waals surface area contributed by atoms with Gasteiger partial charge in [0.2, 0.25) is 0 Å². The third-order valence-corrected chi connectivity index (χ3v) is 10.3. The van der Waals surface area contributed by atoms with Gasteiger partial charge in [0.05, 0.1) is 8.07 Å². The maximum absolute atomic E-state index is 3.22. The summed E-state index contributed by atoms with van der Waals surface area (Å²) in [6, 6.07) is 48.4. The molecule has 4 rings (SSSR count). The van der Waals surface area contributed by atoms with Gasteiger partial charge in [0.25, 0.3) is 0 Å². The lowest BCUT2D eigenvalue weighted by Gasteiger charge is -2.33. The van der Waals surface area contributed by atoms with E-state index >= 15 is 0 Å². The molecule has 0 bridgehead atoms. The smallest absolute Gasteiger partial charge is 0.0623 e. The van der Waals surface area contributed by atoms with Gasteiger partial charge in [-0.3, -0.25) is 0 Å². The predicted molar refractivity (Wildman–Crippen MR) is 121 cm³/mol. The van der Waals surface area contributed by atoms with Crippen molar-refractivity contribution in [2.45, 2.75) is 18.1 Å². The van der Waals surface area contributed by atoms with E-state index in [0.717, 1.165) is 18.1 Å². The maximum Gasteiger partial charge on any atom is 0.0995 e. The summed E-state index contributed by atoms with van der Waals surface area (Å²) < 4.78 is 0. The van der Waals surface area contributed by atoms with Crippen LogP contribution in [0.1, 0.15) is 16.7 Å². The van der Waals surface area contributed by atoms with E-state index in [0.29, 0.717) is 0 Å². The van der Waals surface area contributed by atoms with E-state index in [1.165, 1.54) is 21.9 Å². The van der Waals surface area contributed by atoms with Gasteiger partial charge in [0.15, 0.2) is 0 Å². The molecule has 0 unspecified atom stereocenters. The molecule has 0 aliphatic heterocycles. The number of benzene rings is 4. The van der Waals surface area contributed by atoms with Gasteiger partial charge in [-0.15, -0.1) is 0 Å². The summed E-state index contributed by atoms with van der Waals surface area (Å²) in [6.07, 6.45) is 0. The summed E-state index contributed by atoms with van der Waals surface area (Å²) in [5, 5.41) is 1.52. The zero-order valence-corrected chi connectivity index (χ0v) is 17.1. The summed E-state index contributed by atoms with van der Waals surface area (Å²) in [5.74, 6) is 0. The van der Waals surface area contributed by atoms with Crippen LogP contribution in [0.2, 0.25) is 0 Å². The first-order chi connectivity index (χ1) is 13.8. The van der Waals surface area contributed by atoms with Crippen LogP contribution in [-0.4, -0.2) is 8.07 Å². The van der Waals surface area contributed by atoms with E-state index in [1.54, 1.807) is 0 Å². The Morgan fingerprint density at radius 2 is 0.821 bits per heavy atom. The van der Waals surface area contributed by atoms with Gasteiger partial charge < -0.3 is 0 Å². The lowest BCUT2D eigenvalue weighted by Crippen LogP contribution is -2.55. The molecule has 0 aromatic heterocycles. The minimum absolute atomic E-state index is 1.14. The van der Waals surface area contributed by atoms with Gasteiger partial charge in [-0.1, -0.05) is 137 Å². The van der Waals surface area contributed by atoms with Crippen LogP contribution in [0.15, 0.2) is 115 Å². The summed E-state index contributed by atoms with van der Waals surface area (Å²) in [6.45, 7) is 0. The van der Waals surface area contributed by atoms with Crippen molar-refractivity contribution in [1.29, 1.82) is 0 Å². The largest absolute Gasteiger partial charge is 0.0995 e. The molecule has 0 saturated heterocycles. The second-order valence-electron chi connectivity index (χ2n) is 7.56. The monoisotopic (exact) mass is 377 g/mol. The van der Waals surface area contributed by atoms with Crippen molar-refractivity contribution in [3.05, 3.63) is 138 Å². The lowest BCUT2D eigenvalue weighted by molar-refractivity contribution is 1.15. The number of rotatable bonds is 7. The number of hydrogen-bond donors (Lipinski definition) is 0. The Hall–Kier alpha value is -2.90. The molecule has 0 amide bonds. The highest BCUT2D eigenvalue weighted by atomic mass is 28.3. The Morgan fingerprint density at radius 1 is 0.464 bits per heavy atom. The first-order valence-corrected chi connectivity index (χ1v) is 12.5. The highest BCUT2D eigenvalue weighted by Crippen LogP contribution is 2.23. The van der Waals surface area contributed by atoms with Crippen molar-refractivity contribution in [2.75, 3.05) is 0 Å². The van der Waals surface area contributed by atoms with Gasteiger partial charge in [-0.25, -0.2) is 0 Å². The Kier molecular flexibility index (Phi) is 5.84. The molecule has 0 aliphatic carbocycles. The van der Waals surface area contributed by atoms with E-state index in [1.807, 2.05) is 0 Å². The fourth-order valence-electron chi connectivity index (χ4n) is 4.19. The van der Waals surface area contributed by atoms with Gasteiger partial charge in [0.1, 0.15) is 0 Å². The van der Waals surface area contributed by atoms with Crippen LogP contribution in [-0.2, 0) is 18.1 Å². The minimum Gasteiger partial charge on any atom is -0.0623 e. The minimum atomic E-state index is -1.91. The average Bonchev–Trinajstić information content (AvgIpc) is 2.76. The Bertz CT molecular complexity index is 862. The molecule has 1 heteroatoms. The first-order valence-electron chi connectivity index (χ1n) is 9.92. The molecule has 4 aromatic rings. The zero-order valence-electron chi connectivity index (χ0n) is 16.1. The van der Waals surface area contributed by atoms with Crippen molar-refractivity contribution in [3.8, 4) is 0 Å². The van der Waals surface area contributed by atoms with E-state index in [-0.39, 0.29) is 0 Å². The van der Waals surface area contributed by atoms with Crippen molar-refractivity contribution >= 4 is 13.3 Å². The third-order valence-electron chi connectivity index (χ3n) is 5.49. The molecule has 0 saturated carbocycles. The zero-order chi connectivity index (χ0) is 19.1. The highest BCUT2D eigenvalue weighted by Gasteiger charge is 2.35. The molecular weight excluding hydrogens is 352 g/mol. The van der Waals surface area contributed by atoms with Crippen LogP contribution in [0.25, 0.3) is 0 Å². The Balaban J connectivity index is 1.82. The molecule has 0 N–H and O–H groups in total. The van der Waals surface area contributed by atoms with Crippen LogP contribution in [0.3, 0.4) is 0 Å². The molecule has 137 valence electrons. The van der Waals surface area contributed by atoms with E-state index in [4.69, 9.17) is 0 Å². The molecule has 28 heavy (non-hydrogen) atoms. The van der Waals surface area contributed by atoms with Crippen LogP contribution >= 0.6 is 0 Å². The van der Waals surface area contributed by atoms with Crippen LogP contribution < -0.4 is 5.19 Å². The van der Waals surface area contributed by atoms with Gasteiger partial charge in [0, 0.05) is 0 Å². The second-order valence-corrected chi connectivity index (χ2v) is 11.8. The van der Waals surface area contributed by atoms with Crippen LogP contribution in [0.4, 0.5) is 0 Å². The van der Waals surface area contributed by atoms with Gasteiger partial charge in [-0.2, -0.15) is 0 Å². The molecule has 0 nitrogen and oxygen atoms in total. The summed E-state index contributed by atoms with van der Waals surface area (Å²) in [5.41, 5.74) is 4.32. The van der Waals surface area contributed by atoms with Gasteiger partial charge in [-0.05, 0) is 24.2 Å². The molecule has 0 aliphatic rings. The summed E-state index contributed by atoms with van der Waals surface area (Å²) in [4.78, 5) is 0. The summed E-state index contributed by atoms with van der Waals surface area (Å²) in [7, 11) is -1.91. The highest BCUT2D eigenvalue weighted by molar-refractivity contribution is 6.90. The second kappa shape index (κ2) is 8.86. The third kappa shape index (κ3) is 4.49. The Labute approximate surface area is 169 Å². The van der Waals surface area contributed by atoms with E-state index < -0.39 is 8.07 Å². The SMILES string of the molecule is [c]1ccc([Si](Cc2ccccc2)(Cc2ccccc2)Cc2ccccc2)cc1. The van der Waals surface area contributed by atoms with E-state index in [2.05, 4.69) is 121 Å². The van der Waals surface area contributed by atoms with Gasteiger partial charge >= 0.3 is 0 Å². The van der Waals surface area contributed by atoms with Crippen molar-refractivity contribution < 1.29 is 0 Å². The van der Waals surface area contributed by atoms with Crippen molar-refractivity contribution in [2.24, 2.45) is 0 Å². The van der Waals surface area contributed by atoms with E-state index in [9.17, 15) is 0 Å². The fraction of sp³-hybridized carbons (Fsp3) is 0.111. The quantitative estimate of drug-likeness (QED) is 0.374. The maximum atomic E-state index is 3.22. The molecule has 4 aromatic carbocycles. The molecule has 0 atom stereocenters. The van der Waals surface area contributed by atoms with Crippen LogP contribution in [0, 0.1) is 6.07 Å². The lowest BCUT2D eigenvalue weighted by atomic mass is 10.2. The van der Waals surface area contributed by atoms with Crippen molar-refractivity contribution in [1.82, 2.24) is 0 Å². The molecule has 0 fully saturated rings. The van der Waals surface area contributed by atoms with Crippen molar-refractivity contribution in [3.63, 3.8) is 0 Å². The topological polar surface area (TPSA) is 0 Å². The molecule has 0 heterocycles. The molecular formula is C27H25Si. The Morgan fingerprint density at radius 3 is 1.18 bits per heavy atom. The first kappa shape index (κ1) is 18.5. The normalized spacial score (nSPS) is 11.3. The summed E-state index contributed by atoms with van der Waals surface area (Å²) >= 11 is 0. The standard InChI is InChI=1S/C27H25Si/c1-5-13-24(14-6-1)21-28(27-19-11-4-12-20-27,22-25-15-7-2-8-16-25)23-26-17-9-3-10-18-26/h1-3,5-20H,21-23H2.